The molecule has 7 heavy (non-hydrogen) atoms. The van der Waals surface area contributed by atoms with Gasteiger partial charge in [-0.1, -0.05) is 0 Å². The normalized spacial score (nSPS) is 7.71. The van der Waals surface area contributed by atoms with E-state index in [1.807, 2.05) is 0 Å². The topological polar surface area (TPSA) is 43.4 Å². The highest BCUT2D eigenvalue weighted by molar-refractivity contribution is 5.77. The standard InChI is InChI=1S/C3H4ClO3/c1-2(5)7-3(4)6/h4H,1H3/q+1. The minimum Gasteiger partial charge on any atom is -0.344 e. The van der Waals surface area contributed by atoms with E-state index in [1.165, 1.54) is 0 Å². The number of carbonyl (C=O) groups is 2. The van der Waals surface area contributed by atoms with Gasteiger partial charge in [-0.3, -0.25) is 4.79 Å². The van der Waals surface area contributed by atoms with Crippen LogP contribution < -0.4 is 0 Å². The summed E-state index contributed by atoms with van der Waals surface area (Å²) in [7, 11) is 0. The van der Waals surface area contributed by atoms with Crippen LogP contribution in [0.15, 0.2) is 0 Å². The van der Waals surface area contributed by atoms with Gasteiger partial charge in [-0.15, -0.1) is 0 Å². The Balaban J connectivity index is 3.32. The van der Waals surface area contributed by atoms with Gasteiger partial charge in [0.2, 0.25) is 11.6 Å². The molecule has 0 aliphatic carbocycles. The minimum atomic E-state index is -0.979. The molecule has 4 heteroatoms. The Morgan fingerprint density at radius 2 is 2.00 bits per heavy atom. The van der Waals surface area contributed by atoms with Gasteiger partial charge in [0, 0.05) is 6.92 Å². The fraction of sp³-hybridized carbons (Fsp3) is 0.333. The van der Waals surface area contributed by atoms with Crippen LogP contribution in [0.1, 0.15) is 6.92 Å². The Morgan fingerprint density at radius 3 is 2.00 bits per heavy atom. The molecule has 0 aliphatic rings. The molecule has 40 valence electrons. The van der Waals surface area contributed by atoms with Gasteiger partial charge < -0.3 is 4.74 Å². The van der Waals surface area contributed by atoms with Crippen molar-refractivity contribution in [2.75, 3.05) is 0 Å². The van der Waals surface area contributed by atoms with E-state index in [4.69, 9.17) is 0 Å². The van der Waals surface area contributed by atoms with Crippen LogP contribution in [0.5, 0.6) is 0 Å². The van der Waals surface area contributed by atoms with Crippen LogP contribution in [0.4, 0.5) is 4.79 Å². The van der Waals surface area contributed by atoms with Gasteiger partial charge in [-0.2, -0.15) is 4.79 Å². The van der Waals surface area contributed by atoms with Crippen molar-refractivity contribution < 1.29 is 25.9 Å². The van der Waals surface area contributed by atoms with Gasteiger partial charge in [-0.25, -0.2) is 0 Å². The summed E-state index contributed by atoms with van der Waals surface area (Å²) in [5.41, 5.74) is -0.979. The molecule has 3 nitrogen and oxygen atoms in total. The third-order valence-electron chi connectivity index (χ3n) is 0.227. The maximum absolute atomic E-state index is 9.74. The molecule has 0 rings (SSSR count). The van der Waals surface area contributed by atoms with E-state index in [0.29, 0.717) is 0 Å². The fourth-order valence-corrected chi connectivity index (χ4v) is 0.235. The largest absolute Gasteiger partial charge is 0.610 e. The first-order valence-electron chi connectivity index (χ1n) is 1.52. The highest BCUT2D eigenvalue weighted by atomic mass is 35.5. The number of ether oxygens (including phenoxy) is 1. The van der Waals surface area contributed by atoms with Crippen LogP contribution in [0.25, 0.3) is 0 Å². The van der Waals surface area contributed by atoms with Crippen molar-refractivity contribution in [3.05, 3.63) is 0 Å². The number of hydrogen-bond acceptors (Lipinski definition) is 3. The first-order valence-corrected chi connectivity index (χ1v) is 1.93. The first-order chi connectivity index (χ1) is 3.13. The van der Waals surface area contributed by atoms with Crippen LogP contribution in [0, 0.1) is 11.6 Å². The van der Waals surface area contributed by atoms with E-state index in [9.17, 15) is 9.59 Å². The molecule has 0 spiro atoms. The zero-order valence-electron chi connectivity index (χ0n) is 3.63. The lowest BCUT2D eigenvalue weighted by Crippen LogP contribution is -2.02. The lowest BCUT2D eigenvalue weighted by molar-refractivity contribution is -0.278. The lowest BCUT2D eigenvalue weighted by atomic mass is 10.8. The van der Waals surface area contributed by atoms with Crippen LogP contribution >= 0.6 is 0 Å². The molecular formula is C3H4ClO3+. The zero-order valence-corrected chi connectivity index (χ0v) is 4.45. The Hall–Kier alpha value is -0.570. The average molecular weight is 124 g/mol. The maximum atomic E-state index is 9.74. The first kappa shape index (κ1) is 6.43. The molecule has 0 unspecified atom stereocenters. The summed E-state index contributed by atoms with van der Waals surface area (Å²) in [6.07, 6.45) is 0. The molecule has 0 aromatic heterocycles. The fourth-order valence-electron chi connectivity index (χ4n) is 0.117. The van der Waals surface area contributed by atoms with Gasteiger partial charge in [-0.05, 0) is 0 Å². The van der Waals surface area contributed by atoms with Gasteiger partial charge in [0.1, 0.15) is 0 Å². The van der Waals surface area contributed by atoms with Crippen molar-refractivity contribution in [1.82, 2.24) is 0 Å². The van der Waals surface area contributed by atoms with Crippen molar-refractivity contribution in [2.45, 2.75) is 6.92 Å². The number of esters is 1. The molecule has 0 bridgehead atoms. The van der Waals surface area contributed by atoms with E-state index < -0.39 is 11.4 Å². The number of halogens is 1. The Labute approximate surface area is 45.2 Å². The van der Waals surface area contributed by atoms with E-state index in [-0.39, 0.29) is 0 Å². The van der Waals surface area contributed by atoms with Gasteiger partial charge in [0.05, 0.1) is 0 Å². The Morgan fingerprint density at radius 1 is 1.57 bits per heavy atom. The van der Waals surface area contributed by atoms with E-state index >= 15 is 0 Å². The summed E-state index contributed by atoms with van der Waals surface area (Å²) >= 11 is 3.87. The van der Waals surface area contributed by atoms with E-state index in [0.717, 1.165) is 6.92 Å². The molecule has 0 radical (unpaired) electrons. The molecule has 0 saturated heterocycles. The lowest BCUT2D eigenvalue weighted by Gasteiger charge is -1.79. The van der Waals surface area contributed by atoms with Crippen molar-refractivity contribution in [3.8, 4) is 0 Å². The van der Waals surface area contributed by atoms with E-state index in [1.54, 1.807) is 0 Å². The second-order valence-electron chi connectivity index (χ2n) is 0.844. The molecule has 0 amide bonds. The van der Waals surface area contributed by atoms with Crippen LogP contribution in [0.3, 0.4) is 0 Å². The zero-order chi connectivity index (χ0) is 5.86. The molecule has 0 atom stereocenters. The summed E-state index contributed by atoms with van der Waals surface area (Å²) < 4.78 is 3.79. The van der Waals surface area contributed by atoms with Crippen LogP contribution in [-0.2, 0) is 9.53 Å². The Kier molecular flexibility index (Phi) is 2.37. The second-order valence-corrected chi connectivity index (χ2v) is 1.18. The van der Waals surface area contributed by atoms with Crippen molar-refractivity contribution in [1.29, 1.82) is 0 Å². The van der Waals surface area contributed by atoms with Gasteiger partial charge in [0.15, 0.2) is 0 Å². The van der Waals surface area contributed by atoms with Crippen LogP contribution in [0.2, 0.25) is 0 Å². The van der Waals surface area contributed by atoms with Crippen molar-refractivity contribution in [2.24, 2.45) is 0 Å². The monoisotopic (exact) mass is 123 g/mol. The molecule has 0 heterocycles. The number of hydrogen-bond donors (Lipinski definition) is 0. The average Bonchev–Trinajstić information content (AvgIpc) is 1.27. The third kappa shape index (κ3) is 5.43. The van der Waals surface area contributed by atoms with Crippen molar-refractivity contribution in [3.63, 3.8) is 0 Å². The molecular weight excluding hydrogens is 119 g/mol. The molecule has 0 saturated carbocycles. The summed E-state index contributed by atoms with van der Waals surface area (Å²) in [4.78, 5) is 19.4. The quantitative estimate of drug-likeness (QED) is 0.258. The molecule has 0 aliphatic heterocycles. The molecule has 0 aromatic carbocycles. The third-order valence-corrected chi connectivity index (χ3v) is 0.310. The predicted molar refractivity (Wildman–Crippen MR) is 18.6 cm³/mol. The summed E-state index contributed by atoms with van der Waals surface area (Å²) in [5.74, 6) is -0.667. The van der Waals surface area contributed by atoms with Crippen LogP contribution in [-0.4, -0.2) is 11.4 Å². The smallest absolute Gasteiger partial charge is 0.344 e. The van der Waals surface area contributed by atoms with Gasteiger partial charge >= 0.3 is 11.4 Å². The minimum absolute atomic E-state index is 0.667. The van der Waals surface area contributed by atoms with E-state index in [2.05, 4.69) is 16.3 Å². The second kappa shape index (κ2) is 2.58. The summed E-state index contributed by atoms with van der Waals surface area (Å²) in [6, 6.07) is 0. The maximum Gasteiger partial charge on any atom is 0.610 e. The van der Waals surface area contributed by atoms with Crippen molar-refractivity contribution >= 4 is 11.4 Å². The molecule has 0 N–H and O–H groups in total. The highest BCUT2D eigenvalue weighted by Crippen LogP contribution is 1.75. The highest BCUT2D eigenvalue weighted by Gasteiger charge is 2.07. The van der Waals surface area contributed by atoms with Gasteiger partial charge in [0.25, 0.3) is 0 Å². The Bertz CT molecular complexity index is 86.4. The summed E-state index contributed by atoms with van der Waals surface area (Å²) in [5, 5.41) is 0. The number of carbonyl (C=O) groups excluding carboxylic acids is 2. The summed E-state index contributed by atoms with van der Waals surface area (Å²) in [6.45, 7) is 1.12. The molecule has 0 aromatic rings. The number of rotatable bonds is 0. The predicted octanol–water partition coefficient (Wildman–Crippen LogP) is -0.0489. The molecule has 0 fully saturated rings. The SMILES string of the molecule is CC(=O)OC(=O)[ClH+].